The van der Waals surface area contributed by atoms with E-state index in [4.69, 9.17) is 25.8 Å². The van der Waals surface area contributed by atoms with Crippen LogP contribution in [0.4, 0.5) is 0 Å². The predicted octanol–water partition coefficient (Wildman–Crippen LogP) is 3.74. The molecule has 29 heavy (non-hydrogen) atoms. The Morgan fingerprint density at radius 2 is 1.97 bits per heavy atom. The number of pyridine rings is 2. The fraction of sp³-hybridized carbons (Fsp3) is 0.571. The highest BCUT2D eigenvalue weighted by Crippen LogP contribution is 2.31. The molecule has 0 spiro atoms. The smallest absolute Gasteiger partial charge is 0.224 e. The lowest BCUT2D eigenvalue weighted by atomic mass is 9.86. The number of rotatable bonds is 9. The van der Waals surface area contributed by atoms with Gasteiger partial charge in [-0.3, -0.25) is 9.78 Å². The third kappa shape index (κ3) is 6.01. The molecule has 2 heterocycles. The molecular weight excluding hydrogens is 394 g/mol. The summed E-state index contributed by atoms with van der Waals surface area (Å²) in [6, 6.07) is 5.50. The number of carbonyl (C=O) groups excluding carboxylic acids is 1. The number of ether oxygens (including phenoxy) is 3. The van der Waals surface area contributed by atoms with E-state index in [9.17, 15) is 4.79 Å². The third-order valence-corrected chi connectivity index (χ3v) is 5.20. The highest BCUT2D eigenvalue weighted by atomic mass is 35.5. The van der Waals surface area contributed by atoms with Gasteiger partial charge in [0.15, 0.2) is 6.29 Å². The van der Waals surface area contributed by atoms with Crippen molar-refractivity contribution in [1.29, 1.82) is 0 Å². The number of halogens is 1. The van der Waals surface area contributed by atoms with Gasteiger partial charge in [-0.1, -0.05) is 11.6 Å². The van der Waals surface area contributed by atoms with E-state index in [0.717, 1.165) is 36.6 Å². The summed E-state index contributed by atoms with van der Waals surface area (Å²) >= 11 is 6.11. The molecule has 0 atom stereocenters. The summed E-state index contributed by atoms with van der Waals surface area (Å²) in [6.45, 7) is 5.27. The van der Waals surface area contributed by atoms with E-state index in [1.54, 1.807) is 12.3 Å². The van der Waals surface area contributed by atoms with Crippen LogP contribution in [0.15, 0.2) is 24.4 Å². The van der Waals surface area contributed by atoms with Gasteiger partial charge in [0.25, 0.3) is 0 Å². The lowest BCUT2D eigenvalue weighted by molar-refractivity contribution is -0.142. The normalized spacial score (nSPS) is 19.4. The number of fused-ring (bicyclic) bond motifs is 1. The van der Waals surface area contributed by atoms with E-state index in [0.29, 0.717) is 30.8 Å². The Kier molecular flexibility index (Phi) is 8.03. The van der Waals surface area contributed by atoms with Crippen LogP contribution in [-0.4, -0.2) is 48.0 Å². The summed E-state index contributed by atoms with van der Waals surface area (Å²) in [5.41, 5.74) is 0.758. The highest BCUT2D eigenvalue weighted by molar-refractivity contribution is 6.30. The number of hydrogen-bond donors (Lipinski definition) is 1. The Bertz CT molecular complexity index is 806. The average Bonchev–Trinajstić information content (AvgIpc) is 2.72. The molecule has 0 saturated heterocycles. The van der Waals surface area contributed by atoms with Crippen molar-refractivity contribution in [3.05, 3.63) is 29.5 Å². The van der Waals surface area contributed by atoms with E-state index in [1.807, 2.05) is 26.0 Å². The molecule has 2 aromatic rings. The number of nitrogens with zero attached hydrogens (tertiary/aromatic N) is 2. The van der Waals surface area contributed by atoms with E-state index >= 15 is 0 Å². The van der Waals surface area contributed by atoms with Gasteiger partial charge in [0.1, 0.15) is 11.3 Å². The van der Waals surface area contributed by atoms with Crippen molar-refractivity contribution in [3.8, 4) is 5.88 Å². The van der Waals surface area contributed by atoms with Gasteiger partial charge in [-0.2, -0.15) is 0 Å². The minimum absolute atomic E-state index is 0.00743. The molecule has 0 unspecified atom stereocenters. The van der Waals surface area contributed by atoms with Gasteiger partial charge in [-0.05, 0) is 51.7 Å². The first-order valence-electron chi connectivity index (χ1n) is 10.2. The van der Waals surface area contributed by atoms with Crippen LogP contribution < -0.4 is 10.1 Å². The molecule has 2 aromatic heterocycles. The molecule has 1 amide bonds. The standard InChI is InChI=1S/C21H28ClN3O4/c1-3-27-19(28-4-2)13-24-20(26)14-7-9-15(10-8-14)29-21-16-6-5-11-23-17(16)12-18(22)25-21/h5-6,11-12,14-15,19H,3-4,7-10,13H2,1-2H3,(H,24,26). The van der Waals surface area contributed by atoms with Gasteiger partial charge in [-0.15, -0.1) is 0 Å². The molecule has 1 N–H and O–H groups in total. The summed E-state index contributed by atoms with van der Waals surface area (Å²) in [5, 5.41) is 4.15. The van der Waals surface area contributed by atoms with Crippen LogP contribution in [0.1, 0.15) is 39.5 Å². The maximum absolute atomic E-state index is 12.5. The van der Waals surface area contributed by atoms with Crippen molar-refractivity contribution >= 4 is 28.4 Å². The highest BCUT2D eigenvalue weighted by Gasteiger charge is 2.28. The maximum atomic E-state index is 12.5. The van der Waals surface area contributed by atoms with Crippen LogP contribution in [0.3, 0.4) is 0 Å². The number of hydrogen-bond acceptors (Lipinski definition) is 6. The largest absolute Gasteiger partial charge is 0.474 e. The second-order valence-electron chi connectivity index (χ2n) is 7.00. The molecule has 0 aromatic carbocycles. The lowest BCUT2D eigenvalue weighted by Gasteiger charge is -2.28. The lowest BCUT2D eigenvalue weighted by Crippen LogP contribution is -2.40. The van der Waals surface area contributed by atoms with Crippen LogP contribution >= 0.6 is 11.6 Å². The van der Waals surface area contributed by atoms with Crippen LogP contribution in [0.2, 0.25) is 5.15 Å². The van der Waals surface area contributed by atoms with Gasteiger partial charge >= 0.3 is 0 Å². The first-order chi connectivity index (χ1) is 14.1. The van der Waals surface area contributed by atoms with Crippen LogP contribution in [-0.2, 0) is 14.3 Å². The molecule has 7 nitrogen and oxygen atoms in total. The van der Waals surface area contributed by atoms with Crippen LogP contribution in [0.25, 0.3) is 10.9 Å². The maximum Gasteiger partial charge on any atom is 0.224 e. The summed E-state index contributed by atoms with van der Waals surface area (Å²) in [4.78, 5) is 21.1. The molecule has 3 rings (SSSR count). The van der Waals surface area contributed by atoms with Gasteiger partial charge in [0, 0.05) is 31.4 Å². The second-order valence-corrected chi connectivity index (χ2v) is 7.38. The zero-order valence-corrected chi connectivity index (χ0v) is 17.7. The number of amides is 1. The quantitative estimate of drug-likeness (QED) is 0.490. The molecule has 1 aliphatic carbocycles. The minimum atomic E-state index is -0.399. The van der Waals surface area contributed by atoms with Crippen LogP contribution in [0, 0.1) is 5.92 Å². The van der Waals surface area contributed by atoms with Crippen LogP contribution in [0.5, 0.6) is 5.88 Å². The van der Waals surface area contributed by atoms with Crippen molar-refractivity contribution in [2.75, 3.05) is 19.8 Å². The fourth-order valence-corrected chi connectivity index (χ4v) is 3.75. The average molecular weight is 422 g/mol. The molecule has 1 saturated carbocycles. The number of aromatic nitrogens is 2. The first-order valence-corrected chi connectivity index (χ1v) is 10.6. The van der Waals surface area contributed by atoms with Gasteiger partial charge in [-0.25, -0.2) is 4.98 Å². The zero-order valence-electron chi connectivity index (χ0n) is 16.9. The molecule has 0 bridgehead atoms. The Hall–Kier alpha value is -1.96. The molecule has 1 aliphatic rings. The monoisotopic (exact) mass is 421 g/mol. The molecule has 1 fully saturated rings. The van der Waals surface area contributed by atoms with Crippen molar-refractivity contribution in [1.82, 2.24) is 15.3 Å². The second kappa shape index (κ2) is 10.7. The van der Waals surface area contributed by atoms with Crippen molar-refractivity contribution in [3.63, 3.8) is 0 Å². The minimum Gasteiger partial charge on any atom is -0.474 e. The van der Waals surface area contributed by atoms with E-state index < -0.39 is 6.29 Å². The van der Waals surface area contributed by atoms with E-state index in [1.165, 1.54) is 0 Å². The number of carbonyl (C=O) groups is 1. The zero-order chi connectivity index (χ0) is 20.6. The third-order valence-electron chi connectivity index (χ3n) is 5.00. The Labute approximate surface area is 176 Å². The topological polar surface area (TPSA) is 82.6 Å². The Balaban J connectivity index is 1.51. The molecule has 8 heteroatoms. The molecular formula is C21H28ClN3O4. The molecule has 0 aliphatic heterocycles. The molecule has 0 radical (unpaired) electrons. The van der Waals surface area contributed by atoms with Crippen molar-refractivity contribution in [2.24, 2.45) is 5.92 Å². The predicted molar refractivity (Wildman–Crippen MR) is 111 cm³/mol. The Morgan fingerprint density at radius 1 is 1.24 bits per heavy atom. The van der Waals surface area contributed by atoms with Gasteiger partial charge in [0.05, 0.1) is 17.4 Å². The number of nitrogens with one attached hydrogen (secondary N) is 1. The fourth-order valence-electron chi connectivity index (χ4n) is 3.57. The first kappa shape index (κ1) is 21.7. The summed E-state index contributed by atoms with van der Waals surface area (Å²) < 4.78 is 17.1. The summed E-state index contributed by atoms with van der Waals surface area (Å²) in [7, 11) is 0. The Morgan fingerprint density at radius 3 is 2.66 bits per heavy atom. The summed E-state index contributed by atoms with van der Waals surface area (Å²) in [5.74, 6) is 0.526. The SMILES string of the molecule is CCOC(CNC(=O)C1CCC(Oc2nc(Cl)cc3ncccc23)CC1)OCC. The van der Waals surface area contributed by atoms with E-state index in [-0.39, 0.29) is 17.9 Å². The summed E-state index contributed by atoms with van der Waals surface area (Å²) in [6.07, 6.45) is 4.43. The van der Waals surface area contributed by atoms with Gasteiger partial charge in [0.2, 0.25) is 11.8 Å². The van der Waals surface area contributed by atoms with Crippen molar-refractivity contribution < 1.29 is 19.0 Å². The van der Waals surface area contributed by atoms with Crippen molar-refractivity contribution in [2.45, 2.75) is 51.9 Å². The van der Waals surface area contributed by atoms with Gasteiger partial charge < -0.3 is 19.5 Å². The van der Waals surface area contributed by atoms with E-state index in [2.05, 4.69) is 15.3 Å². The molecule has 158 valence electrons.